The van der Waals surface area contributed by atoms with E-state index in [1.54, 1.807) is 0 Å². The summed E-state index contributed by atoms with van der Waals surface area (Å²) in [6.07, 6.45) is 0.741. The van der Waals surface area contributed by atoms with E-state index < -0.39 is 9.84 Å². The molecule has 2 fully saturated rings. The zero-order chi connectivity index (χ0) is 18.4. The van der Waals surface area contributed by atoms with E-state index in [0.29, 0.717) is 5.17 Å². The zero-order valence-corrected chi connectivity index (χ0v) is 16.7. The summed E-state index contributed by atoms with van der Waals surface area (Å²) in [5, 5.41) is 0.578. The number of nitrogens with zero attached hydrogens (tertiary/aromatic N) is 2. The number of anilines is 1. The van der Waals surface area contributed by atoms with Crippen LogP contribution in [0.4, 0.5) is 5.69 Å². The van der Waals surface area contributed by atoms with Crippen molar-refractivity contribution in [3.8, 4) is 0 Å². The molecule has 2 saturated heterocycles. The van der Waals surface area contributed by atoms with Gasteiger partial charge in [0.05, 0.1) is 17.5 Å². The summed E-state index contributed by atoms with van der Waals surface area (Å²) in [5.41, 5.74) is 3.14. The molecule has 0 spiro atoms. The van der Waals surface area contributed by atoms with Crippen molar-refractivity contribution in [3.05, 3.63) is 29.3 Å². The topological polar surface area (TPSA) is 66.8 Å². The standard InChI is InChI=1S/C18H24N2O3S2/c1-5-13(4)17(21)19-18-20(14-7-11(2)6-12(3)8-14)15-9-25(22,23)10-16(15)24-18/h6-8,13,15-16H,5,9-10H2,1-4H3. The molecule has 3 unspecified atom stereocenters. The number of hydrogen-bond donors (Lipinski definition) is 0. The van der Waals surface area contributed by atoms with Gasteiger partial charge in [-0.05, 0) is 43.5 Å². The van der Waals surface area contributed by atoms with Crippen LogP contribution in [-0.2, 0) is 14.6 Å². The molecular formula is C18H24N2O3S2. The Morgan fingerprint density at radius 1 is 1.28 bits per heavy atom. The van der Waals surface area contributed by atoms with Crippen LogP contribution in [0.3, 0.4) is 0 Å². The van der Waals surface area contributed by atoms with E-state index in [2.05, 4.69) is 11.1 Å². The second kappa shape index (κ2) is 6.76. The maximum atomic E-state index is 12.3. The van der Waals surface area contributed by atoms with E-state index in [-0.39, 0.29) is 34.6 Å². The van der Waals surface area contributed by atoms with E-state index in [4.69, 9.17) is 0 Å². The average molecular weight is 381 g/mol. The third-order valence-corrected chi connectivity index (χ3v) is 8.00. The third-order valence-electron chi connectivity index (χ3n) is 4.79. The molecule has 0 N–H and O–H groups in total. The van der Waals surface area contributed by atoms with Gasteiger partial charge < -0.3 is 4.90 Å². The van der Waals surface area contributed by atoms with Gasteiger partial charge in [-0.15, -0.1) is 0 Å². The number of benzene rings is 1. The number of carbonyl (C=O) groups is 1. The monoisotopic (exact) mass is 380 g/mol. The Labute approximate surface area is 153 Å². The van der Waals surface area contributed by atoms with Gasteiger partial charge in [-0.2, -0.15) is 4.99 Å². The molecular weight excluding hydrogens is 356 g/mol. The van der Waals surface area contributed by atoms with E-state index in [0.717, 1.165) is 23.2 Å². The molecule has 0 bridgehead atoms. The molecule has 136 valence electrons. The molecule has 0 aromatic heterocycles. The van der Waals surface area contributed by atoms with Crippen molar-refractivity contribution in [1.29, 1.82) is 0 Å². The first kappa shape index (κ1) is 18.5. The molecule has 1 aromatic rings. The van der Waals surface area contributed by atoms with Gasteiger partial charge in [-0.25, -0.2) is 8.42 Å². The van der Waals surface area contributed by atoms with Crippen LogP contribution in [0.1, 0.15) is 31.4 Å². The van der Waals surface area contributed by atoms with Crippen LogP contribution in [0.25, 0.3) is 0 Å². The minimum absolute atomic E-state index is 0.0608. The number of hydrogen-bond acceptors (Lipinski definition) is 4. The number of carbonyl (C=O) groups excluding carboxylic acids is 1. The Morgan fingerprint density at radius 3 is 2.52 bits per heavy atom. The molecule has 25 heavy (non-hydrogen) atoms. The molecule has 1 aromatic carbocycles. The van der Waals surface area contributed by atoms with Gasteiger partial charge in [0.2, 0.25) is 0 Å². The van der Waals surface area contributed by atoms with Gasteiger partial charge >= 0.3 is 0 Å². The van der Waals surface area contributed by atoms with Gasteiger partial charge in [0.1, 0.15) is 0 Å². The Bertz CT molecular complexity index is 812. The minimum Gasteiger partial charge on any atom is -0.316 e. The van der Waals surface area contributed by atoms with Crippen LogP contribution in [0.15, 0.2) is 23.2 Å². The van der Waals surface area contributed by atoms with E-state index in [1.807, 2.05) is 44.7 Å². The maximum Gasteiger partial charge on any atom is 0.250 e. The number of amides is 1. The van der Waals surface area contributed by atoms with Crippen LogP contribution in [0, 0.1) is 19.8 Å². The van der Waals surface area contributed by atoms with Gasteiger partial charge in [0.15, 0.2) is 15.0 Å². The summed E-state index contributed by atoms with van der Waals surface area (Å²) in [6, 6.07) is 5.99. The second-order valence-corrected chi connectivity index (χ2v) is 10.4. The summed E-state index contributed by atoms with van der Waals surface area (Å²) in [4.78, 5) is 18.7. The minimum atomic E-state index is -3.04. The molecule has 0 saturated carbocycles. The number of sulfone groups is 1. The quantitative estimate of drug-likeness (QED) is 0.806. The molecule has 5 nitrogen and oxygen atoms in total. The number of amidine groups is 1. The smallest absolute Gasteiger partial charge is 0.250 e. The van der Waals surface area contributed by atoms with Gasteiger partial charge in [0, 0.05) is 16.9 Å². The third kappa shape index (κ3) is 3.77. The van der Waals surface area contributed by atoms with Crippen molar-refractivity contribution in [3.63, 3.8) is 0 Å². The first-order chi connectivity index (χ1) is 11.7. The summed E-state index contributed by atoms with van der Waals surface area (Å²) >= 11 is 1.43. The summed E-state index contributed by atoms with van der Waals surface area (Å²) < 4.78 is 24.2. The highest BCUT2D eigenvalue weighted by Crippen LogP contribution is 2.41. The molecule has 1 amide bonds. The van der Waals surface area contributed by atoms with E-state index in [1.165, 1.54) is 11.8 Å². The first-order valence-corrected chi connectivity index (χ1v) is 11.3. The van der Waals surface area contributed by atoms with Crippen LogP contribution in [-0.4, -0.2) is 42.3 Å². The van der Waals surface area contributed by atoms with Crippen molar-refractivity contribution in [2.24, 2.45) is 10.9 Å². The second-order valence-electron chi connectivity index (χ2n) is 7.06. The highest BCUT2D eigenvalue weighted by Gasteiger charge is 2.49. The van der Waals surface area contributed by atoms with Gasteiger partial charge in [-0.1, -0.05) is 31.7 Å². The van der Waals surface area contributed by atoms with Crippen LogP contribution < -0.4 is 4.90 Å². The lowest BCUT2D eigenvalue weighted by atomic mass is 10.1. The van der Waals surface area contributed by atoms with E-state index >= 15 is 0 Å². The molecule has 2 aliphatic heterocycles. The molecule has 0 radical (unpaired) electrons. The van der Waals surface area contributed by atoms with Crippen LogP contribution >= 0.6 is 11.8 Å². The Balaban J connectivity index is 2.03. The number of thioether (sulfide) groups is 1. The lowest BCUT2D eigenvalue weighted by molar-refractivity contribution is -0.121. The highest BCUT2D eigenvalue weighted by molar-refractivity contribution is 8.16. The predicted octanol–water partition coefficient (Wildman–Crippen LogP) is 2.95. The SMILES string of the molecule is CCC(C)C(=O)N=C1SC2CS(=O)(=O)CC2N1c1cc(C)cc(C)c1. The predicted molar refractivity (Wildman–Crippen MR) is 104 cm³/mol. The lowest BCUT2D eigenvalue weighted by Gasteiger charge is -2.25. The number of aliphatic imine (C=N–C) groups is 1. The van der Waals surface area contributed by atoms with Crippen molar-refractivity contribution in [1.82, 2.24) is 0 Å². The number of rotatable bonds is 3. The Hall–Kier alpha value is -1.34. The fourth-order valence-corrected chi connectivity index (χ4v) is 7.25. The number of fused-ring (bicyclic) bond motifs is 1. The lowest BCUT2D eigenvalue weighted by Crippen LogP contribution is -2.38. The van der Waals surface area contributed by atoms with Crippen molar-refractivity contribution in [2.75, 3.05) is 16.4 Å². The fraction of sp³-hybridized carbons (Fsp3) is 0.556. The Kier molecular flexibility index (Phi) is 4.99. The van der Waals surface area contributed by atoms with Crippen LogP contribution in [0.5, 0.6) is 0 Å². The van der Waals surface area contributed by atoms with Crippen LogP contribution in [0.2, 0.25) is 0 Å². The number of aryl methyl sites for hydroxylation is 2. The van der Waals surface area contributed by atoms with Crippen molar-refractivity contribution >= 4 is 38.4 Å². The first-order valence-electron chi connectivity index (χ1n) is 8.57. The normalized spacial score (nSPS) is 27.5. The molecule has 2 heterocycles. The average Bonchev–Trinajstić information content (AvgIpc) is 2.95. The Morgan fingerprint density at radius 2 is 1.92 bits per heavy atom. The maximum absolute atomic E-state index is 12.3. The van der Waals surface area contributed by atoms with E-state index in [9.17, 15) is 13.2 Å². The molecule has 2 aliphatic rings. The van der Waals surface area contributed by atoms with Crippen molar-refractivity contribution in [2.45, 2.75) is 45.4 Å². The zero-order valence-electron chi connectivity index (χ0n) is 15.0. The molecule has 3 rings (SSSR count). The van der Waals surface area contributed by atoms with Crippen molar-refractivity contribution < 1.29 is 13.2 Å². The molecule has 7 heteroatoms. The largest absolute Gasteiger partial charge is 0.316 e. The molecule has 0 aliphatic carbocycles. The summed E-state index contributed by atoms with van der Waals surface area (Å²) in [7, 11) is -3.04. The summed E-state index contributed by atoms with van der Waals surface area (Å²) in [5.74, 6) is 0.00884. The highest BCUT2D eigenvalue weighted by atomic mass is 32.2. The fourth-order valence-electron chi connectivity index (χ4n) is 3.34. The van der Waals surface area contributed by atoms with Gasteiger partial charge in [-0.3, -0.25) is 4.79 Å². The molecule has 3 atom stereocenters. The van der Waals surface area contributed by atoms with Gasteiger partial charge in [0.25, 0.3) is 5.91 Å². The summed E-state index contributed by atoms with van der Waals surface area (Å²) in [6.45, 7) is 7.87.